The van der Waals surface area contributed by atoms with Crippen LogP contribution < -0.4 is 10.5 Å². The van der Waals surface area contributed by atoms with E-state index in [1.807, 2.05) is 18.2 Å². The number of hydrogen-bond acceptors (Lipinski definition) is 3. The fourth-order valence-electron chi connectivity index (χ4n) is 3.03. The third kappa shape index (κ3) is 2.81. The van der Waals surface area contributed by atoms with Crippen molar-refractivity contribution in [3.05, 3.63) is 28.2 Å². The smallest absolute Gasteiger partial charge is 0.120 e. The van der Waals surface area contributed by atoms with E-state index in [1.165, 1.54) is 0 Å². The number of nitrogens with two attached hydrogens (primary N) is 1. The first-order valence-electron chi connectivity index (χ1n) is 6.70. The number of ether oxygens (including phenoxy) is 2. The lowest BCUT2D eigenvalue weighted by molar-refractivity contribution is 0.0489. The summed E-state index contributed by atoms with van der Waals surface area (Å²) in [5.74, 6) is 1.62. The standard InChI is InChI=1S/C15H22BrNO2/c1-8-9(2)19-10(3)14(8)15(17)12-6-5-11(18-4)7-13(12)16/h5-10,14-15H,17H2,1-4H3. The number of hydrogen-bond donors (Lipinski definition) is 1. The summed E-state index contributed by atoms with van der Waals surface area (Å²) in [6.07, 6.45) is 0.456. The van der Waals surface area contributed by atoms with Crippen molar-refractivity contribution in [1.29, 1.82) is 0 Å². The van der Waals surface area contributed by atoms with Gasteiger partial charge in [0.25, 0.3) is 0 Å². The molecule has 1 saturated heterocycles. The minimum Gasteiger partial charge on any atom is -0.497 e. The van der Waals surface area contributed by atoms with Crippen LogP contribution in [0.15, 0.2) is 22.7 Å². The van der Waals surface area contributed by atoms with E-state index in [9.17, 15) is 0 Å². The third-order valence-electron chi connectivity index (χ3n) is 4.30. The van der Waals surface area contributed by atoms with Crippen LogP contribution >= 0.6 is 15.9 Å². The summed E-state index contributed by atoms with van der Waals surface area (Å²) in [6, 6.07) is 5.92. The van der Waals surface area contributed by atoms with Crippen molar-refractivity contribution >= 4 is 15.9 Å². The molecule has 1 aliphatic heterocycles. The van der Waals surface area contributed by atoms with Crippen LogP contribution in [0.1, 0.15) is 32.4 Å². The van der Waals surface area contributed by atoms with Crippen LogP contribution in [0.2, 0.25) is 0 Å². The summed E-state index contributed by atoms with van der Waals surface area (Å²) in [7, 11) is 1.66. The molecule has 1 aliphatic rings. The average Bonchev–Trinajstić information content (AvgIpc) is 2.62. The van der Waals surface area contributed by atoms with Crippen LogP contribution in [0.3, 0.4) is 0 Å². The molecule has 106 valence electrons. The molecular weight excluding hydrogens is 306 g/mol. The van der Waals surface area contributed by atoms with E-state index in [1.54, 1.807) is 7.11 Å². The fourth-order valence-corrected chi connectivity index (χ4v) is 3.65. The quantitative estimate of drug-likeness (QED) is 0.923. The van der Waals surface area contributed by atoms with Gasteiger partial charge in [-0.25, -0.2) is 0 Å². The maximum atomic E-state index is 6.48. The second kappa shape index (κ2) is 5.81. The number of halogens is 1. The van der Waals surface area contributed by atoms with E-state index in [4.69, 9.17) is 15.2 Å². The first kappa shape index (κ1) is 14.8. The van der Waals surface area contributed by atoms with Crippen LogP contribution in [0.4, 0.5) is 0 Å². The Labute approximate surface area is 123 Å². The third-order valence-corrected chi connectivity index (χ3v) is 4.99. The van der Waals surface area contributed by atoms with Crippen molar-refractivity contribution in [2.45, 2.75) is 39.0 Å². The first-order chi connectivity index (χ1) is 8.95. The van der Waals surface area contributed by atoms with Gasteiger partial charge >= 0.3 is 0 Å². The SMILES string of the molecule is COc1ccc(C(N)C2C(C)OC(C)C2C)c(Br)c1. The van der Waals surface area contributed by atoms with Gasteiger partial charge in [-0.15, -0.1) is 0 Å². The summed E-state index contributed by atoms with van der Waals surface area (Å²) in [4.78, 5) is 0. The van der Waals surface area contributed by atoms with Gasteiger partial charge in [-0.05, 0) is 37.5 Å². The highest BCUT2D eigenvalue weighted by Gasteiger charge is 2.41. The lowest BCUT2D eigenvalue weighted by Crippen LogP contribution is -2.30. The molecule has 1 heterocycles. The number of methoxy groups -OCH3 is 1. The van der Waals surface area contributed by atoms with Crippen molar-refractivity contribution < 1.29 is 9.47 Å². The molecular formula is C15H22BrNO2. The van der Waals surface area contributed by atoms with Gasteiger partial charge in [-0.2, -0.15) is 0 Å². The Morgan fingerprint density at radius 3 is 2.42 bits per heavy atom. The van der Waals surface area contributed by atoms with Gasteiger partial charge in [0.2, 0.25) is 0 Å². The second-order valence-electron chi connectivity index (χ2n) is 5.40. The second-order valence-corrected chi connectivity index (χ2v) is 6.25. The molecule has 2 rings (SSSR count). The molecule has 19 heavy (non-hydrogen) atoms. The predicted molar refractivity (Wildman–Crippen MR) is 80.3 cm³/mol. The maximum absolute atomic E-state index is 6.48. The molecule has 2 N–H and O–H groups in total. The Morgan fingerprint density at radius 1 is 1.26 bits per heavy atom. The van der Waals surface area contributed by atoms with Gasteiger partial charge in [0.05, 0.1) is 19.3 Å². The summed E-state index contributed by atoms with van der Waals surface area (Å²) in [5, 5.41) is 0. The van der Waals surface area contributed by atoms with Crippen LogP contribution in [-0.2, 0) is 4.74 Å². The van der Waals surface area contributed by atoms with E-state index in [2.05, 4.69) is 36.7 Å². The minimum atomic E-state index is -0.0322. The predicted octanol–water partition coefficient (Wildman–Crippen LogP) is 3.52. The topological polar surface area (TPSA) is 44.5 Å². The molecule has 0 radical (unpaired) electrons. The molecule has 4 heteroatoms. The van der Waals surface area contributed by atoms with Gasteiger partial charge in [0.1, 0.15) is 5.75 Å². The van der Waals surface area contributed by atoms with Gasteiger partial charge in [-0.3, -0.25) is 0 Å². The molecule has 1 aromatic rings. The lowest BCUT2D eigenvalue weighted by atomic mass is 9.81. The van der Waals surface area contributed by atoms with Crippen LogP contribution in [0, 0.1) is 11.8 Å². The highest BCUT2D eigenvalue weighted by Crippen LogP contribution is 2.41. The van der Waals surface area contributed by atoms with Gasteiger partial charge in [0.15, 0.2) is 0 Å². The van der Waals surface area contributed by atoms with Crippen molar-refractivity contribution in [3.8, 4) is 5.75 Å². The van der Waals surface area contributed by atoms with Gasteiger partial charge in [-0.1, -0.05) is 28.9 Å². The van der Waals surface area contributed by atoms with Crippen LogP contribution in [0.25, 0.3) is 0 Å². The summed E-state index contributed by atoms with van der Waals surface area (Å²) in [6.45, 7) is 6.45. The van der Waals surface area contributed by atoms with Crippen LogP contribution in [0.5, 0.6) is 5.75 Å². The maximum Gasteiger partial charge on any atom is 0.120 e. The Bertz CT molecular complexity index is 452. The summed E-state index contributed by atoms with van der Waals surface area (Å²) < 4.78 is 12.1. The molecule has 0 amide bonds. The Kier molecular flexibility index (Phi) is 4.54. The first-order valence-corrected chi connectivity index (χ1v) is 7.49. The zero-order valence-corrected chi connectivity index (χ0v) is 13.5. The van der Waals surface area contributed by atoms with Crippen LogP contribution in [-0.4, -0.2) is 19.3 Å². The fraction of sp³-hybridized carbons (Fsp3) is 0.600. The molecule has 3 nitrogen and oxygen atoms in total. The van der Waals surface area contributed by atoms with E-state index < -0.39 is 0 Å². The lowest BCUT2D eigenvalue weighted by Gasteiger charge is -2.27. The van der Waals surface area contributed by atoms with Crippen molar-refractivity contribution in [2.24, 2.45) is 17.6 Å². The molecule has 0 saturated carbocycles. The molecule has 5 atom stereocenters. The van der Waals surface area contributed by atoms with E-state index in [0.29, 0.717) is 11.8 Å². The molecule has 0 bridgehead atoms. The molecule has 1 aromatic carbocycles. The van der Waals surface area contributed by atoms with Crippen molar-refractivity contribution in [2.75, 3.05) is 7.11 Å². The van der Waals surface area contributed by atoms with Gasteiger partial charge in [0, 0.05) is 16.4 Å². The highest BCUT2D eigenvalue weighted by molar-refractivity contribution is 9.10. The minimum absolute atomic E-state index is 0.0322. The van der Waals surface area contributed by atoms with Crippen molar-refractivity contribution in [1.82, 2.24) is 0 Å². The van der Waals surface area contributed by atoms with E-state index in [-0.39, 0.29) is 18.2 Å². The molecule has 0 spiro atoms. The summed E-state index contributed by atoms with van der Waals surface area (Å²) in [5.41, 5.74) is 7.60. The number of rotatable bonds is 3. The zero-order chi connectivity index (χ0) is 14.2. The van der Waals surface area contributed by atoms with Gasteiger partial charge < -0.3 is 15.2 Å². The molecule has 1 fully saturated rings. The Morgan fingerprint density at radius 2 is 1.95 bits per heavy atom. The van der Waals surface area contributed by atoms with E-state index in [0.717, 1.165) is 15.8 Å². The highest BCUT2D eigenvalue weighted by atomic mass is 79.9. The molecule has 0 aliphatic carbocycles. The largest absolute Gasteiger partial charge is 0.497 e. The summed E-state index contributed by atoms with van der Waals surface area (Å²) >= 11 is 3.59. The Balaban J connectivity index is 2.26. The molecule has 5 unspecified atom stereocenters. The Hall–Kier alpha value is -0.580. The van der Waals surface area contributed by atoms with E-state index >= 15 is 0 Å². The number of benzene rings is 1. The van der Waals surface area contributed by atoms with Crippen molar-refractivity contribution in [3.63, 3.8) is 0 Å². The normalized spacial score (nSPS) is 32.3. The average molecular weight is 328 g/mol. The zero-order valence-electron chi connectivity index (χ0n) is 11.9. The molecule has 0 aromatic heterocycles. The monoisotopic (exact) mass is 327 g/mol.